The Morgan fingerprint density at radius 3 is 2.24 bits per heavy atom. The third-order valence-corrected chi connectivity index (χ3v) is 2.71. The first-order valence-corrected chi connectivity index (χ1v) is 5.20. The molecule has 0 saturated carbocycles. The number of carbonyl (C=O) groups is 2. The van der Waals surface area contributed by atoms with Crippen LogP contribution in [0, 0.1) is 0 Å². The van der Waals surface area contributed by atoms with Crippen LogP contribution in [0.15, 0.2) is 42.0 Å². The van der Waals surface area contributed by atoms with Gasteiger partial charge in [-0.15, -0.1) is 0 Å². The number of rotatable bonds is 2. The standard InChI is InChI=1S/C14H12O3/c1-8(2)11-13(16)12(15)9-6-4-5-7-10(9)14(11)17-3/h4-7H,1H2,2-3H3. The molecule has 3 heteroatoms. The summed E-state index contributed by atoms with van der Waals surface area (Å²) in [4.78, 5) is 23.9. The van der Waals surface area contributed by atoms with Gasteiger partial charge in [-0.1, -0.05) is 30.8 Å². The number of hydrogen-bond acceptors (Lipinski definition) is 3. The van der Waals surface area contributed by atoms with Crippen LogP contribution >= 0.6 is 0 Å². The molecule has 1 aliphatic rings. The maximum Gasteiger partial charge on any atom is 0.237 e. The Morgan fingerprint density at radius 2 is 1.71 bits per heavy atom. The highest BCUT2D eigenvalue weighted by molar-refractivity contribution is 6.53. The molecule has 0 radical (unpaired) electrons. The van der Waals surface area contributed by atoms with E-state index in [1.807, 2.05) is 0 Å². The first kappa shape index (κ1) is 11.3. The van der Waals surface area contributed by atoms with Gasteiger partial charge in [0.2, 0.25) is 11.6 Å². The third kappa shape index (κ3) is 1.60. The maximum absolute atomic E-state index is 12.0. The summed E-state index contributed by atoms with van der Waals surface area (Å²) in [5, 5.41) is 0. The SMILES string of the molecule is C=C(C)C1=C(OC)c2ccccc2C(=O)C1=O. The van der Waals surface area contributed by atoms with Crippen LogP contribution in [0.3, 0.4) is 0 Å². The Balaban J connectivity index is 2.80. The summed E-state index contributed by atoms with van der Waals surface area (Å²) in [6, 6.07) is 6.92. The molecule has 0 aromatic heterocycles. The minimum atomic E-state index is -0.548. The average molecular weight is 228 g/mol. The van der Waals surface area contributed by atoms with E-state index in [-0.39, 0.29) is 5.57 Å². The Kier molecular flexibility index (Phi) is 2.68. The molecule has 2 rings (SSSR count). The van der Waals surface area contributed by atoms with Crippen LogP contribution in [0.2, 0.25) is 0 Å². The van der Waals surface area contributed by atoms with Crippen molar-refractivity contribution in [3.8, 4) is 0 Å². The van der Waals surface area contributed by atoms with E-state index >= 15 is 0 Å². The lowest BCUT2D eigenvalue weighted by Gasteiger charge is -2.20. The zero-order valence-electron chi connectivity index (χ0n) is 9.74. The van der Waals surface area contributed by atoms with E-state index in [1.54, 1.807) is 31.2 Å². The largest absolute Gasteiger partial charge is 0.495 e. The van der Waals surface area contributed by atoms with Crippen molar-refractivity contribution >= 4 is 17.3 Å². The fourth-order valence-corrected chi connectivity index (χ4v) is 1.95. The molecule has 17 heavy (non-hydrogen) atoms. The molecule has 0 fully saturated rings. The van der Waals surface area contributed by atoms with E-state index in [9.17, 15) is 9.59 Å². The van der Waals surface area contributed by atoms with E-state index < -0.39 is 11.6 Å². The van der Waals surface area contributed by atoms with Gasteiger partial charge in [-0.25, -0.2) is 0 Å². The molecule has 0 unspecified atom stereocenters. The van der Waals surface area contributed by atoms with Gasteiger partial charge >= 0.3 is 0 Å². The minimum Gasteiger partial charge on any atom is -0.495 e. The van der Waals surface area contributed by atoms with Gasteiger partial charge in [-0.3, -0.25) is 9.59 Å². The molecule has 86 valence electrons. The Bertz CT molecular complexity index is 565. The Hall–Kier alpha value is -2.16. The second kappa shape index (κ2) is 4.01. The van der Waals surface area contributed by atoms with Gasteiger partial charge in [-0.05, 0) is 12.5 Å². The molecular formula is C14H12O3. The monoisotopic (exact) mass is 228 g/mol. The lowest BCUT2D eigenvalue weighted by molar-refractivity contribution is -0.111. The molecule has 1 aromatic carbocycles. The molecule has 0 heterocycles. The summed E-state index contributed by atoms with van der Waals surface area (Å²) in [6.45, 7) is 5.41. The van der Waals surface area contributed by atoms with Crippen LogP contribution in [0.5, 0.6) is 0 Å². The predicted octanol–water partition coefficient (Wildman–Crippen LogP) is 2.39. The quantitative estimate of drug-likeness (QED) is 0.730. The van der Waals surface area contributed by atoms with Crippen LogP contribution in [-0.2, 0) is 9.53 Å². The molecule has 0 bridgehead atoms. The number of allylic oxidation sites excluding steroid dienone is 2. The lowest BCUT2D eigenvalue weighted by Crippen LogP contribution is -2.24. The zero-order chi connectivity index (χ0) is 12.6. The van der Waals surface area contributed by atoms with Crippen molar-refractivity contribution in [2.24, 2.45) is 0 Å². The first-order chi connectivity index (χ1) is 8.07. The van der Waals surface area contributed by atoms with Crippen LogP contribution < -0.4 is 0 Å². The lowest BCUT2D eigenvalue weighted by atomic mass is 9.86. The molecule has 1 aliphatic carbocycles. The topological polar surface area (TPSA) is 43.4 Å². The number of methoxy groups -OCH3 is 1. The minimum absolute atomic E-state index is 0.274. The fraction of sp³-hybridized carbons (Fsp3) is 0.143. The summed E-state index contributed by atoms with van der Waals surface area (Å²) >= 11 is 0. The van der Waals surface area contributed by atoms with Gasteiger partial charge in [0.25, 0.3) is 0 Å². The number of Topliss-reactive ketones (excluding diaryl/α,β-unsaturated/α-hetero) is 2. The Labute approximate surface area is 99.4 Å². The molecule has 0 aliphatic heterocycles. The molecule has 0 spiro atoms. The number of fused-ring (bicyclic) bond motifs is 1. The molecule has 0 N–H and O–H groups in total. The molecular weight excluding hydrogens is 216 g/mol. The molecule has 3 nitrogen and oxygen atoms in total. The summed E-state index contributed by atoms with van der Waals surface area (Å²) in [6.07, 6.45) is 0. The van der Waals surface area contributed by atoms with Crippen molar-refractivity contribution in [3.63, 3.8) is 0 Å². The van der Waals surface area contributed by atoms with E-state index in [4.69, 9.17) is 4.74 Å². The van der Waals surface area contributed by atoms with Crippen LogP contribution in [0.1, 0.15) is 22.8 Å². The number of ketones is 2. The number of ether oxygens (including phenoxy) is 1. The van der Waals surface area contributed by atoms with E-state index in [0.717, 1.165) is 0 Å². The zero-order valence-corrected chi connectivity index (χ0v) is 9.74. The smallest absolute Gasteiger partial charge is 0.237 e. The first-order valence-electron chi connectivity index (χ1n) is 5.20. The van der Waals surface area contributed by atoms with E-state index in [1.165, 1.54) is 7.11 Å². The molecule has 0 atom stereocenters. The van der Waals surface area contributed by atoms with E-state index in [2.05, 4.69) is 6.58 Å². The average Bonchev–Trinajstić information content (AvgIpc) is 2.33. The van der Waals surface area contributed by atoms with Gasteiger partial charge in [0.05, 0.1) is 12.7 Å². The normalized spacial score (nSPS) is 14.7. The molecule has 0 saturated heterocycles. The summed E-state index contributed by atoms with van der Waals surface area (Å²) in [5.41, 5.74) is 1.85. The van der Waals surface area contributed by atoms with Crippen molar-refractivity contribution in [2.45, 2.75) is 6.92 Å². The van der Waals surface area contributed by atoms with Gasteiger partial charge in [0, 0.05) is 11.1 Å². The molecule has 0 amide bonds. The van der Waals surface area contributed by atoms with Crippen molar-refractivity contribution in [2.75, 3.05) is 7.11 Å². The predicted molar refractivity (Wildman–Crippen MR) is 64.5 cm³/mol. The fourth-order valence-electron chi connectivity index (χ4n) is 1.95. The summed E-state index contributed by atoms with van der Waals surface area (Å²) in [5.74, 6) is -0.620. The van der Waals surface area contributed by atoms with Crippen molar-refractivity contribution in [1.29, 1.82) is 0 Å². The number of carbonyl (C=O) groups excluding carboxylic acids is 2. The van der Waals surface area contributed by atoms with Crippen molar-refractivity contribution in [1.82, 2.24) is 0 Å². The van der Waals surface area contributed by atoms with Crippen LogP contribution in [0.4, 0.5) is 0 Å². The second-order valence-electron chi connectivity index (χ2n) is 3.89. The summed E-state index contributed by atoms with van der Waals surface area (Å²) in [7, 11) is 1.48. The van der Waals surface area contributed by atoms with E-state index in [0.29, 0.717) is 22.5 Å². The van der Waals surface area contributed by atoms with Crippen LogP contribution in [0.25, 0.3) is 5.76 Å². The van der Waals surface area contributed by atoms with Crippen LogP contribution in [-0.4, -0.2) is 18.7 Å². The Morgan fingerprint density at radius 1 is 1.12 bits per heavy atom. The van der Waals surface area contributed by atoms with Gasteiger partial charge in [0.15, 0.2) is 0 Å². The number of benzene rings is 1. The van der Waals surface area contributed by atoms with Gasteiger partial charge < -0.3 is 4.74 Å². The summed E-state index contributed by atoms with van der Waals surface area (Å²) < 4.78 is 5.26. The van der Waals surface area contributed by atoms with Crippen molar-refractivity contribution in [3.05, 3.63) is 53.1 Å². The highest BCUT2D eigenvalue weighted by atomic mass is 16.5. The highest BCUT2D eigenvalue weighted by Gasteiger charge is 2.33. The van der Waals surface area contributed by atoms with Crippen molar-refractivity contribution < 1.29 is 14.3 Å². The highest BCUT2D eigenvalue weighted by Crippen LogP contribution is 2.32. The third-order valence-electron chi connectivity index (χ3n) is 2.71. The second-order valence-corrected chi connectivity index (χ2v) is 3.89. The maximum atomic E-state index is 12.0. The van der Waals surface area contributed by atoms with Gasteiger partial charge in [0.1, 0.15) is 5.76 Å². The number of hydrogen-bond donors (Lipinski definition) is 0. The van der Waals surface area contributed by atoms with Gasteiger partial charge in [-0.2, -0.15) is 0 Å². The molecule has 1 aromatic rings.